The Balaban J connectivity index is 1.09. The van der Waals surface area contributed by atoms with Crippen molar-refractivity contribution in [2.24, 2.45) is 41.2 Å². The molecule has 14 atom stereocenters. The Morgan fingerprint density at radius 1 is 0.867 bits per heavy atom. The Hall–Kier alpha value is -6.87. The second-order valence-electron chi connectivity index (χ2n) is 25.2. The van der Waals surface area contributed by atoms with Crippen molar-refractivity contribution in [3.63, 3.8) is 0 Å². The summed E-state index contributed by atoms with van der Waals surface area (Å²) in [5.74, 6) is -4.27. The quantitative estimate of drug-likeness (QED) is 0.0383. The smallest absolute Gasteiger partial charge is 0.312 e. The highest BCUT2D eigenvalue weighted by molar-refractivity contribution is 7.09. The monoisotopic (exact) mass is 1270 g/mol. The number of fused-ring (bicyclic) bond motifs is 2. The van der Waals surface area contributed by atoms with Gasteiger partial charge in [0.1, 0.15) is 23.1 Å². The van der Waals surface area contributed by atoms with Crippen molar-refractivity contribution in [2.75, 3.05) is 66.5 Å². The first-order valence-electron chi connectivity index (χ1n) is 31.8. The highest BCUT2D eigenvalue weighted by atomic mass is 32.1. The lowest BCUT2D eigenvalue weighted by Gasteiger charge is -2.41. The number of carbonyl (C=O) groups excluding carboxylic acids is 10. The number of ether oxygens (including phenoxy) is 3. The molecule has 2 bridgehead atoms. The predicted octanol–water partition coefficient (Wildman–Crippen LogP) is 3.68. The number of nitrogens with one attached hydrogen (secondary N) is 6. The molecule has 0 spiro atoms. The highest BCUT2D eigenvalue weighted by Crippen LogP contribution is 2.46. The number of anilines is 1. The third-order valence-electron chi connectivity index (χ3n) is 18.6. The number of amides is 11. The molecule has 0 radical (unpaired) electrons. The van der Waals surface area contributed by atoms with Gasteiger partial charge in [0.25, 0.3) is 11.8 Å². The molecule has 3 aliphatic heterocycles. The maximum Gasteiger partial charge on any atom is 0.312 e. The zero-order valence-corrected chi connectivity index (χ0v) is 55.3. The molecule has 26 heteroatoms. The number of carbonyl (C=O) groups is 10. The number of hydrogen-bond donors (Lipinski definition) is 7. The summed E-state index contributed by atoms with van der Waals surface area (Å²) < 4.78 is 17.8. The van der Waals surface area contributed by atoms with Crippen LogP contribution in [0, 0.1) is 35.5 Å². The molecular weight excluding hydrogens is 1180 g/mol. The van der Waals surface area contributed by atoms with E-state index in [1.165, 1.54) is 30.6 Å². The van der Waals surface area contributed by atoms with Gasteiger partial charge in [-0.2, -0.15) is 0 Å². The fourth-order valence-electron chi connectivity index (χ4n) is 13.4. The molecule has 4 heterocycles. The molecule has 2 aromatic rings. The van der Waals surface area contributed by atoms with E-state index in [1.54, 1.807) is 69.1 Å². The molecule has 1 aliphatic carbocycles. The van der Waals surface area contributed by atoms with Crippen LogP contribution in [-0.2, 0) is 63.8 Å². The predicted molar refractivity (Wildman–Crippen MR) is 339 cm³/mol. The highest BCUT2D eigenvalue weighted by Gasteiger charge is 2.53. The van der Waals surface area contributed by atoms with Crippen LogP contribution in [0.15, 0.2) is 48.0 Å². The van der Waals surface area contributed by atoms with Gasteiger partial charge in [0.2, 0.25) is 41.4 Å². The van der Waals surface area contributed by atoms with E-state index >= 15 is 0 Å². The second kappa shape index (κ2) is 34.0. The number of imide groups is 1. The van der Waals surface area contributed by atoms with Gasteiger partial charge in [0, 0.05) is 76.2 Å². The number of urea groups is 1. The fraction of sp³-hybridized carbons (Fsp3) is 0.672. The molecule has 6 rings (SSSR count). The van der Waals surface area contributed by atoms with Crippen molar-refractivity contribution in [3.8, 4) is 0 Å². The second-order valence-corrected chi connectivity index (χ2v) is 26.2. The zero-order chi connectivity index (χ0) is 66.1. The molecule has 8 N–H and O–H groups in total. The van der Waals surface area contributed by atoms with Crippen LogP contribution in [0.1, 0.15) is 130 Å². The van der Waals surface area contributed by atoms with E-state index in [9.17, 15) is 47.9 Å². The SMILES string of the molecule is CC[C@H](C)[C@@H]([C@@H](CC(=O)N1CCC[C@H]1[C@H](OC)[C@@H](C)C(=O)N[C@@H](Cc1cccc(NC(=O)[C@H](CCCNC(N)=O)NC(=O)[C@@H](NC(=O)CCOCCN2C(=O)C=CC2=O)C(C)C)c1)c1nccs1)OC)N(C)C(=O)[C@@H](NC(=O)[C@@H]1[C@H]2CC[C@@H]([C@H]2C)N1C)C(C)C. The van der Waals surface area contributed by atoms with E-state index in [1.807, 2.05) is 46.2 Å². The van der Waals surface area contributed by atoms with Gasteiger partial charge in [-0.05, 0) is 99.3 Å². The fourth-order valence-corrected chi connectivity index (χ4v) is 14.1. The third kappa shape index (κ3) is 18.6. The number of aromatic nitrogens is 1. The minimum atomic E-state index is -1.13. The average molecular weight is 1280 g/mol. The molecule has 11 amide bonds. The third-order valence-corrected chi connectivity index (χ3v) is 19.5. The lowest BCUT2D eigenvalue weighted by Crippen LogP contribution is -2.60. The Morgan fingerprint density at radius 2 is 1.58 bits per heavy atom. The Bertz CT molecular complexity index is 2820. The Kier molecular flexibility index (Phi) is 27.3. The molecule has 1 saturated carbocycles. The van der Waals surface area contributed by atoms with Crippen LogP contribution in [0.3, 0.4) is 0 Å². The van der Waals surface area contributed by atoms with Gasteiger partial charge in [-0.25, -0.2) is 9.78 Å². The summed E-state index contributed by atoms with van der Waals surface area (Å²) in [6.07, 6.45) is 7.03. The standard InChI is InChI=1S/C64H98N12O13S/c1-13-38(6)55(74(10)63(85)54(37(4)5)72-61(84)56-43-21-22-46(39(43)7)73(56)9)48(87-11)35-52(80)75-28-16-20-47(75)57(88-12)40(8)58(81)70-45(62-66-27-32-90-62)34-41-17-14-18-42(33-41)68-59(82)44(19-15-26-67-64(65)86)69-60(83)53(36(2)3)71-49(77)25-30-89-31-29-76-50(78)23-24-51(76)79/h14,17-18,23-24,27,32-33,36-40,43-48,53-57H,13,15-16,19-22,25-26,28-31,34-35H2,1-12H3,(H,68,82)(H,69,83)(H,70,81)(H,71,77)(H,72,84)(H3,65,67,86)/t38-,39-,40+,43-,44-,45-,46-,47-,48+,53-,54-,55-,56-,57+/m0/s1. The van der Waals surface area contributed by atoms with Gasteiger partial charge >= 0.3 is 6.03 Å². The number of nitrogens with zero attached hydrogens (tertiary/aromatic N) is 5. The molecule has 3 fully saturated rings. The van der Waals surface area contributed by atoms with E-state index in [4.69, 9.17) is 19.9 Å². The molecule has 0 unspecified atom stereocenters. The summed E-state index contributed by atoms with van der Waals surface area (Å²) in [6, 6.07) is 1.78. The molecule has 1 aromatic heterocycles. The number of thiazole rings is 1. The van der Waals surface area contributed by atoms with Crippen LogP contribution in [0.5, 0.6) is 0 Å². The summed E-state index contributed by atoms with van der Waals surface area (Å²) in [4.78, 5) is 145. The van der Waals surface area contributed by atoms with Crippen molar-refractivity contribution < 1.29 is 62.2 Å². The summed E-state index contributed by atoms with van der Waals surface area (Å²) in [5, 5.41) is 19.7. The van der Waals surface area contributed by atoms with E-state index in [-0.39, 0.29) is 106 Å². The number of nitrogens with two attached hydrogens (primary N) is 1. The van der Waals surface area contributed by atoms with E-state index in [0.717, 1.165) is 23.3 Å². The first-order valence-corrected chi connectivity index (χ1v) is 32.7. The van der Waals surface area contributed by atoms with Crippen molar-refractivity contribution in [3.05, 3.63) is 58.6 Å². The Morgan fingerprint density at radius 3 is 2.19 bits per heavy atom. The van der Waals surface area contributed by atoms with Crippen LogP contribution in [0.2, 0.25) is 0 Å². The van der Waals surface area contributed by atoms with Gasteiger partial charge in [0.05, 0.1) is 68.5 Å². The van der Waals surface area contributed by atoms with Gasteiger partial charge in [-0.1, -0.05) is 73.9 Å². The number of benzene rings is 1. The van der Waals surface area contributed by atoms with E-state index < -0.39 is 95.9 Å². The number of likely N-dealkylation sites (N-methyl/N-ethyl adjacent to an activating group) is 2. The lowest BCUT2D eigenvalue weighted by molar-refractivity contribution is -0.148. The number of primary amides is 1. The van der Waals surface area contributed by atoms with Gasteiger partial charge < -0.3 is 61.6 Å². The largest absolute Gasteiger partial charge is 0.379 e. The van der Waals surface area contributed by atoms with Crippen LogP contribution in [-0.4, -0.2) is 199 Å². The number of methoxy groups -OCH3 is 2. The summed E-state index contributed by atoms with van der Waals surface area (Å²) in [5.41, 5.74) is 6.40. The van der Waals surface area contributed by atoms with Crippen LogP contribution in [0.4, 0.5) is 10.5 Å². The lowest BCUT2D eigenvalue weighted by atomic mass is 9.89. The molecule has 498 valence electrons. The van der Waals surface area contributed by atoms with Gasteiger partial charge in [-0.3, -0.25) is 53.0 Å². The summed E-state index contributed by atoms with van der Waals surface area (Å²) in [6.45, 7) is 15.9. The van der Waals surface area contributed by atoms with E-state index in [0.29, 0.717) is 48.5 Å². The topological polar surface area (TPSA) is 322 Å². The van der Waals surface area contributed by atoms with Crippen molar-refractivity contribution in [2.45, 2.75) is 180 Å². The zero-order valence-electron chi connectivity index (χ0n) is 54.5. The number of likely N-dealkylation sites (tertiary alicyclic amines) is 2. The van der Waals surface area contributed by atoms with Crippen molar-refractivity contribution in [1.82, 2.24) is 51.2 Å². The molecule has 2 saturated heterocycles. The van der Waals surface area contributed by atoms with Crippen molar-refractivity contribution in [1.29, 1.82) is 0 Å². The minimum Gasteiger partial charge on any atom is -0.379 e. The maximum atomic E-state index is 14.7. The number of piperidine rings is 1. The summed E-state index contributed by atoms with van der Waals surface area (Å²) in [7, 11) is 6.83. The first kappa shape index (κ1) is 72.2. The molecule has 25 nitrogen and oxygen atoms in total. The normalized spacial score (nSPS) is 21.9. The maximum absolute atomic E-state index is 14.7. The molecule has 90 heavy (non-hydrogen) atoms. The number of hydrogen-bond acceptors (Lipinski definition) is 16. The van der Waals surface area contributed by atoms with Crippen LogP contribution in [0.25, 0.3) is 0 Å². The first-order chi connectivity index (χ1) is 42.8. The molecule has 1 aromatic carbocycles. The molecular formula is C64H98N12O13S. The van der Waals surface area contributed by atoms with Crippen molar-refractivity contribution >= 4 is 76.2 Å². The van der Waals surface area contributed by atoms with E-state index in [2.05, 4.69) is 48.7 Å². The van der Waals surface area contributed by atoms with Gasteiger partial charge in [0.15, 0.2) is 0 Å². The average Bonchev–Trinajstić information content (AvgIpc) is 2.27. The minimum absolute atomic E-state index is 0.0154. The summed E-state index contributed by atoms with van der Waals surface area (Å²) >= 11 is 1.36. The number of rotatable bonds is 35. The molecule has 4 aliphatic rings. The van der Waals surface area contributed by atoms with Crippen LogP contribution >= 0.6 is 11.3 Å². The Labute approximate surface area is 533 Å². The van der Waals surface area contributed by atoms with Crippen LogP contribution < -0.4 is 37.6 Å². The van der Waals surface area contributed by atoms with Gasteiger partial charge in [-0.15, -0.1) is 11.3 Å².